The van der Waals surface area contributed by atoms with Crippen LogP contribution in [0.25, 0.3) is 0 Å². The van der Waals surface area contributed by atoms with Crippen LogP contribution in [0.15, 0.2) is 18.3 Å². The van der Waals surface area contributed by atoms with Crippen LogP contribution in [0.2, 0.25) is 0 Å². The Morgan fingerprint density at radius 1 is 1.50 bits per heavy atom. The van der Waals surface area contributed by atoms with Gasteiger partial charge in [0.2, 0.25) is 0 Å². The van der Waals surface area contributed by atoms with Gasteiger partial charge in [-0.15, -0.1) is 0 Å². The zero-order chi connectivity index (χ0) is 11.4. The first-order valence-electron chi connectivity index (χ1n) is 6.48. The van der Waals surface area contributed by atoms with Gasteiger partial charge in [-0.05, 0) is 57.0 Å². The number of pyridine rings is 1. The molecule has 0 unspecified atom stereocenters. The summed E-state index contributed by atoms with van der Waals surface area (Å²) in [5, 5.41) is 0. The summed E-state index contributed by atoms with van der Waals surface area (Å²) >= 11 is 0. The highest BCUT2D eigenvalue weighted by Crippen LogP contribution is 2.31. The van der Waals surface area contributed by atoms with Gasteiger partial charge in [0, 0.05) is 17.9 Å². The quantitative estimate of drug-likeness (QED) is 0.770. The fourth-order valence-corrected chi connectivity index (χ4v) is 2.61. The number of likely N-dealkylation sites (tertiary alicyclic amines) is 1. The molecule has 0 bridgehead atoms. The van der Waals surface area contributed by atoms with E-state index in [1.807, 2.05) is 6.20 Å². The lowest BCUT2D eigenvalue weighted by Crippen LogP contribution is -2.24. The predicted octanol–water partition coefficient (Wildman–Crippen LogP) is 3.33. The summed E-state index contributed by atoms with van der Waals surface area (Å²) in [6.07, 6.45) is 7.21. The van der Waals surface area contributed by atoms with Crippen LogP contribution in [0.1, 0.15) is 49.9 Å². The third-order valence-corrected chi connectivity index (χ3v) is 3.47. The molecule has 2 heterocycles. The average Bonchev–Trinajstić information content (AvgIpc) is 2.74. The van der Waals surface area contributed by atoms with Gasteiger partial charge in [0.15, 0.2) is 0 Å². The lowest BCUT2D eigenvalue weighted by molar-refractivity contribution is 0.253. The number of unbranched alkanes of at least 4 members (excludes halogenated alkanes) is 1. The Morgan fingerprint density at radius 3 is 3.12 bits per heavy atom. The van der Waals surface area contributed by atoms with Crippen LogP contribution < -0.4 is 0 Å². The van der Waals surface area contributed by atoms with Crippen molar-refractivity contribution in [1.29, 1.82) is 0 Å². The minimum Gasteiger partial charge on any atom is -0.296 e. The second kappa shape index (κ2) is 5.44. The Kier molecular flexibility index (Phi) is 3.94. The molecule has 1 aromatic rings. The van der Waals surface area contributed by atoms with Crippen molar-refractivity contribution < 1.29 is 0 Å². The van der Waals surface area contributed by atoms with Gasteiger partial charge < -0.3 is 0 Å². The van der Waals surface area contributed by atoms with Crippen LogP contribution in [-0.4, -0.2) is 23.0 Å². The number of hydrogen-bond acceptors (Lipinski definition) is 2. The minimum atomic E-state index is 0.647. The summed E-state index contributed by atoms with van der Waals surface area (Å²) in [6.45, 7) is 6.87. The SMILES string of the molecule is CCCCN1CCC[C@@H]1c1ccnc(C)c1. The van der Waals surface area contributed by atoms with Crippen molar-refractivity contribution in [2.24, 2.45) is 0 Å². The lowest BCUT2D eigenvalue weighted by Gasteiger charge is -2.24. The standard InChI is InChI=1S/C14H22N2/c1-3-4-9-16-10-5-6-14(16)13-7-8-15-12(2)11-13/h7-8,11,14H,3-6,9-10H2,1-2H3/t14-/m1/s1. The van der Waals surface area contributed by atoms with E-state index in [4.69, 9.17) is 0 Å². The van der Waals surface area contributed by atoms with Crippen LogP contribution >= 0.6 is 0 Å². The molecule has 88 valence electrons. The van der Waals surface area contributed by atoms with Crippen molar-refractivity contribution in [3.05, 3.63) is 29.6 Å². The highest BCUT2D eigenvalue weighted by Gasteiger charge is 2.25. The molecule has 0 aromatic carbocycles. The zero-order valence-corrected chi connectivity index (χ0v) is 10.4. The molecule has 2 heteroatoms. The largest absolute Gasteiger partial charge is 0.296 e. The molecule has 2 nitrogen and oxygen atoms in total. The third-order valence-electron chi connectivity index (χ3n) is 3.47. The van der Waals surface area contributed by atoms with E-state index in [1.165, 1.54) is 44.3 Å². The number of hydrogen-bond donors (Lipinski definition) is 0. The van der Waals surface area contributed by atoms with Crippen molar-refractivity contribution >= 4 is 0 Å². The third kappa shape index (κ3) is 2.62. The summed E-state index contributed by atoms with van der Waals surface area (Å²) in [5.41, 5.74) is 2.60. The van der Waals surface area contributed by atoms with Gasteiger partial charge in [-0.3, -0.25) is 9.88 Å². The first-order valence-corrected chi connectivity index (χ1v) is 6.48. The average molecular weight is 218 g/mol. The smallest absolute Gasteiger partial charge is 0.0375 e. The Hall–Kier alpha value is -0.890. The number of aromatic nitrogens is 1. The highest BCUT2D eigenvalue weighted by atomic mass is 15.2. The van der Waals surface area contributed by atoms with E-state index in [-0.39, 0.29) is 0 Å². The predicted molar refractivity (Wildman–Crippen MR) is 67.4 cm³/mol. The molecule has 1 aliphatic heterocycles. The molecule has 0 spiro atoms. The van der Waals surface area contributed by atoms with Crippen molar-refractivity contribution in [2.45, 2.75) is 45.6 Å². The molecule has 1 fully saturated rings. The molecule has 1 aromatic heterocycles. The van der Waals surface area contributed by atoms with Crippen molar-refractivity contribution in [1.82, 2.24) is 9.88 Å². The molecule has 1 aliphatic rings. The Morgan fingerprint density at radius 2 is 2.38 bits per heavy atom. The van der Waals surface area contributed by atoms with Gasteiger partial charge >= 0.3 is 0 Å². The van der Waals surface area contributed by atoms with Crippen LogP contribution in [0.4, 0.5) is 0 Å². The Balaban J connectivity index is 2.07. The van der Waals surface area contributed by atoms with Crippen LogP contribution in [0.5, 0.6) is 0 Å². The van der Waals surface area contributed by atoms with E-state index in [1.54, 1.807) is 0 Å². The molecule has 1 atom stereocenters. The molecule has 0 N–H and O–H groups in total. The molecule has 0 amide bonds. The zero-order valence-electron chi connectivity index (χ0n) is 10.4. The van der Waals surface area contributed by atoms with E-state index >= 15 is 0 Å². The highest BCUT2D eigenvalue weighted by molar-refractivity contribution is 5.20. The van der Waals surface area contributed by atoms with Gasteiger partial charge in [-0.25, -0.2) is 0 Å². The second-order valence-corrected chi connectivity index (χ2v) is 4.78. The summed E-state index contributed by atoms with van der Waals surface area (Å²) in [5.74, 6) is 0. The van der Waals surface area contributed by atoms with E-state index in [0.29, 0.717) is 6.04 Å². The van der Waals surface area contributed by atoms with Crippen molar-refractivity contribution in [2.75, 3.05) is 13.1 Å². The van der Waals surface area contributed by atoms with Crippen LogP contribution in [0, 0.1) is 6.92 Å². The van der Waals surface area contributed by atoms with E-state index in [0.717, 1.165) is 5.69 Å². The van der Waals surface area contributed by atoms with E-state index in [9.17, 15) is 0 Å². The first kappa shape index (κ1) is 11.6. The normalized spacial score (nSPS) is 21.5. The maximum atomic E-state index is 4.28. The van der Waals surface area contributed by atoms with Crippen LogP contribution in [-0.2, 0) is 0 Å². The maximum Gasteiger partial charge on any atom is 0.0375 e. The fraction of sp³-hybridized carbons (Fsp3) is 0.643. The van der Waals surface area contributed by atoms with Gasteiger partial charge in [0.1, 0.15) is 0 Å². The molecular formula is C14H22N2. The lowest BCUT2D eigenvalue weighted by atomic mass is 10.0. The fourth-order valence-electron chi connectivity index (χ4n) is 2.61. The molecule has 0 saturated carbocycles. The van der Waals surface area contributed by atoms with Crippen LogP contribution in [0.3, 0.4) is 0 Å². The van der Waals surface area contributed by atoms with E-state index in [2.05, 4.69) is 35.9 Å². The van der Waals surface area contributed by atoms with Gasteiger partial charge in [0.25, 0.3) is 0 Å². The van der Waals surface area contributed by atoms with Gasteiger partial charge in [0.05, 0.1) is 0 Å². The Labute approximate surface area is 98.7 Å². The molecule has 0 aliphatic carbocycles. The first-order chi connectivity index (χ1) is 7.81. The minimum absolute atomic E-state index is 0.647. The summed E-state index contributed by atoms with van der Waals surface area (Å²) in [4.78, 5) is 6.92. The van der Waals surface area contributed by atoms with Crippen molar-refractivity contribution in [3.8, 4) is 0 Å². The molecule has 16 heavy (non-hydrogen) atoms. The number of aryl methyl sites for hydroxylation is 1. The number of rotatable bonds is 4. The summed E-state index contributed by atoms with van der Waals surface area (Å²) < 4.78 is 0. The Bertz CT molecular complexity index is 335. The maximum absolute atomic E-state index is 4.28. The molecule has 2 rings (SSSR count). The van der Waals surface area contributed by atoms with Crippen molar-refractivity contribution in [3.63, 3.8) is 0 Å². The van der Waals surface area contributed by atoms with Gasteiger partial charge in [-0.1, -0.05) is 13.3 Å². The van der Waals surface area contributed by atoms with E-state index < -0.39 is 0 Å². The summed E-state index contributed by atoms with van der Waals surface area (Å²) in [7, 11) is 0. The molecular weight excluding hydrogens is 196 g/mol. The second-order valence-electron chi connectivity index (χ2n) is 4.78. The topological polar surface area (TPSA) is 16.1 Å². The van der Waals surface area contributed by atoms with Gasteiger partial charge in [-0.2, -0.15) is 0 Å². The molecule has 0 radical (unpaired) electrons. The number of nitrogens with zero attached hydrogens (tertiary/aromatic N) is 2. The monoisotopic (exact) mass is 218 g/mol. The molecule has 1 saturated heterocycles. The summed E-state index contributed by atoms with van der Waals surface area (Å²) in [6, 6.07) is 5.07.